The summed E-state index contributed by atoms with van der Waals surface area (Å²) in [5, 5.41) is 3.13. The Morgan fingerprint density at radius 3 is 2.88 bits per heavy atom. The van der Waals surface area contributed by atoms with Crippen LogP contribution in [0.15, 0.2) is 34.8 Å². The lowest BCUT2D eigenvalue weighted by molar-refractivity contribution is 0.316. The van der Waals surface area contributed by atoms with E-state index in [4.69, 9.17) is 4.74 Å². The van der Waals surface area contributed by atoms with Crippen LogP contribution >= 0.6 is 15.9 Å². The molecule has 0 unspecified atom stereocenters. The average molecular weight is 284 g/mol. The van der Waals surface area contributed by atoms with Crippen molar-refractivity contribution in [2.45, 2.75) is 19.9 Å². The topological polar surface area (TPSA) is 21.3 Å². The number of para-hydroxylation sites is 1. The molecule has 0 aliphatic heterocycles. The number of benzene rings is 1. The van der Waals surface area contributed by atoms with E-state index in [2.05, 4.69) is 33.9 Å². The first-order chi connectivity index (χ1) is 7.65. The van der Waals surface area contributed by atoms with Crippen molar-refractivity contribution in [1.82, 2.24) is 5.32 Å². The van der Waals surface area contributed by atoms with Crippen LogP contribution in [0.25, 0.3) is 0 Å². The minimum atomic E-state index is 0.675. The van der Waals surface area contributed by atoms with E-state index in [-0.39, 0.29) is 0 Å². The van der Waals surface area contributed by atoms with Crippen LogP contribution in [0.1, 0.15) is 18.9 Å². The van der Waals surface area contributed by atoms with E-state index in [0.717, 1.165) is 28.8 Å². The molecule has 0 heterocycles. The van der Waals surface area contributed by atoms with Gasteiger partial charge in [0.25, 0.3) is 0 Å². The number of ether oxygens (including phenoxy) is 1. The summed E-state index contributed by atoms with van der Waals surface area (Å²) in [6.45, 7) is 7.36. The van der Waals surface area contributed by atoms with Crippen LogP contribution in [0.4, 0.5) is 0 Å². The molecule has 0 saturated carbocycles. The predicted molar refractivity (Wildman–Crippen MR) is 71.8 cm³/mol. The molecule has 0 fully saturated rings. The zero-order valence-electron chi connectivity index (χ0n) is 9.85. The summed E-state index contributed by atoms with van der Waals surface area (Å²) in [7, 11) is 1.93. The van der Waals surface area contributed by atoms with Gasteiger partial charge in [-0.1, -0.05) is 17.7 Å². The summed E-state index contributed by atoms with van der Waals surface area (Å²) in [5.74, 6) is 0.929. The second kappa shape index (κ2) is 6.71. The number of hydrogen-bond acceptors (Lipinski definition) is 2. The molecular weight excluding hydrogens is 266 g/mol. The molecule has 0 radical (unpaired) electrons. The Balaban J connectivity index is 2.71. The van der Waals surface area contributed by atoms with Crippen LogP contribution in [-0.2, 0) is 6.54 Å². The lowest BCUT2D eigenvalue weighted by Crippen LogP contribution is -2.08. The molecule has 0 bridgehead atoms. The van der Waals surface area contributed by atoms with Crippen molar-refractivity contribution in [2.75, 3.05) is 13.7 Å². The fourth-order valence-corrected chi connectivity index (χ4v) is 1.89. The highest BCUT2D eigenvalue weighted by molar-refractivity contribution is 9.10. The van der Waals surface area contributed by atoms with Crippen molar-refractivity contribution < 1.29 is 4.74 Å². The molecule has 0 aliphatic rings. The Hall–Kier alpha value is -0.800. The Labute approximate surface area is 106 Å². The van der Waals surface area contributed by atoms with Gasteiger partial charge in [0, 0.05) is 18.5 Å². The van der Waals surface area contributed by atoms with Gasteiger partial charge in [0.05, 0.1) is 11.1 Å². The first-order valence-electron chi connectivity index (χ1n) is 5.34. The number of nitrogens with one attached hydrogen (secondary N) is 1. The summed E-state index contributed by atoms with van der Waals surface area (Å²) in [5.41, 5.74) is 2.31. The van der Waals surface area contributed by atoms with Crippen molar-refractivity contribution in [3.63, 3.8) is 0 Å². The molecule has 0 amide bonds. The molecule has 1 aromatic rings. The molecule has 0 atom stereocenters. The summed E-state index contributed by atoms with van der Waals surface area (Å²) in [6, 6.07) is 6.08. The molecule has 16 heavy (non-hydrogen) atoms. The lowest BCUT2D eigenvalue weighted by atomic mass is 10.2. The van der Waals surface area contributed by atoms with E-state index in [1.165, 1.54) is 5.56 Å². The molecule has 0 aliphatic carbocycles. The minimum absolute atomic E-state index is 0.675. The lowest BCUT2D eigenvalue weighted by Gasteiger charge is -2.13. The molecule has 0 saturated heterocycles. The third-order valence-corrected chi connectivity index (χ3v) is 2.82. The molecule has 1 aromatic carbocycles. The standard InChI is InChI=1S/C13H18BrNO/c1-10(2)7-8-16-13-11(9-15-3)5-4-6-12(13)14/h4-6,15H,1,7-9H2,2-3H3. The molecule has 2 nitrogen and oxygen atoms in total. The van der Waals surface area contributed by atoms with Crippen molar-refractivity contribution in [3.05, 3.63) is 40.4 Å². The quantitative estimate of drug-likeness (QED) is 0.807. The van der Waals surface area contributed by atoms with E-state index in [0.29, 0.717) is 6.61 Å². The molecular formula is C13H18BrNO. The van der Waals surface area contributed by atoms with E-state index >= 15 is 0 Å². The van der Waals surface area contributed by atoms with Crippen molar-refractivity contribution >= 4 is 15.9 Å². The largest absolute Gasteiger partial charge is 0.492 e. The van der Waals surface area contributed by atoms with Crippen molar-refractivity contribution in [1.29, 1.82) is 0 Å². The Morgan fingerprint density at radius 1 is 1.50 bits per heavy atom. The molecule has 0 aromatic heterocycles. The van der Waals surface area contributed by atoms with Gasteiger partial charge in [0.1, 0.15) is 5.75 Å². The zero-order valence-corrected chi connectivity index (χ0v) is 11.4. The van der Waals surface area contributed by atoms with E-state index < -0.39 is 0 Å². The Morgan fingerprint density at radius 2 is 2.25 bits per heavy atom. The van der Waals surface area contributed by atoms with Gasteiger partial charge in [-0.25, -0.2) is 0 Å². The van der Waals surface area contributed by atoms with Gasteiger partial charge < -0.3 is 10.1 Å². The third kappa shape index (κ3) is 3.99. The smallest absolute Gasteiger partial charge is 0.137 e. The van der Waals surface area contributed by atoms with E-state index in [1.54, 1.807) is 0 Å². The minimum Gasteiger partial charge on any atom is -0.492 e. The summed E-state index contributed by atoms with van der Waals surface area (Å²) < 4.78 is 6.79. The van der Waals surface area contributed by atoms with E-state index in [1.807, 2.05) is 26.1 Å². The molecule has 1 N–H and O–H groups in total. The Kier molecular flexibility index (Phi) is 5.56. The van der Waals surface area contributed by atoms with Gasteiger partial charge in [-0.2, -0.15) is 0 Å². The first kappa shape index (κ1) is 13.3. The normalized spacial score (nSPS) is 10.2. The second-order valence-corrected chi connectivity index (χ2v) is 4.67. The van der Waals surface area contributed by atoms with Crippen LogP contribution in [0.3, 0.4) is 0 Å². The maximum Gasteiger partial charge on any atom is 0.137 e. The fraction of sp³-hybridized carbons (Fsp3) is 0.385. The zero-order chi connectivity index (χ0) is 12.0. The molecule has 3 heteroatoms. The van der Waals surface area contributed by atoms with Crippen LogP contribution in [0, 0.1) is 0 Å². The van der Waals surface area contributed by atoms with E-state index in [9.17, 15) is 0 Å². The first-order valence-corrected chi connectivity index (χ1v) is 6.13. The van der Waals surface area contributed by atoms with Crippen molar-refractivity contribution in [2.24, 2.45) is 0 Å². The van der Waals surface area contributed by atoms with Gasteiger partial charge in [-0.15, -0.1) is 6.58 Å². The number of halogens is 1. The highest BCUT2D eigenvalue weighted by Gasteiger charge is 2.06. The van der Waals surface area contributed by atoms with Crippen LogP contribution < -0.4 is 10.1 Å². The summed E-state index contributed by atoms with van der Waals surface area (Å²) in [4.78, 5) is 0. The highest BCUT2D eigenvalue weighted by atomic mass is 79.9. The van der Waals surface area contributed by atoms with Gasteiger partial charge in [-0.3, -0.25) is 0 Å². The average Bonchev–Trinajstić information content (AvgIpc) is 2.22. The van der Waals surface area contributed by atoms with Crippen molar-refractivity contribution in [3.8, 4) is 5.75 Å². The van der Waals surface area contributed by atoms with Gasteiger partial charge in [0.15, 0.2) is 0 Å². The fourth-order valence-electron chi connectivity index (χ4n) is 1.37. The second-order valence-electron chi connectivity index (χ2n) is 3.81. The summed E-state index contributed by atoms with van der Waals surface area (Å²) >= 11 is 3.51. The highest BCUT2D eigenvalue weighted by Crippen LogP contribution is 2.29. The van der Waals surface area contributed by atoms with Gasteiger partial charge >= 0.3 is 0 Å². The van der Waals surface area contributed by atoms with Gasteiger partial charge in [0.2, 0.25) is 0 Å². The third-order valence-electron chi connectivity index (χ3n) is 2.19. The number of hydrogen-bond donors (Lipinski definition) is 1. The monoisotopic (exact) mass is 283 g/mol. The summed E-state index contributed by atoms with van der Waals surface area (Å²) in [6.07, 6.45) is 0.889. The van der Waals surface area contributed by atoms with Crippen LogP contribution in [0.2, 0.25) is 0 Å². The predicted octanol–water partition coefficient (Wildman–Crippen LogP) is 3.51. The SMILES string of the molecule is C=C(C)CCOc1c(Br)cccc1CNC. The van der Waals surface area contributed by atoms with Gasteiger partial charge in [-0.05, 0) is 36.0 Å². The molecule has 0 spiro atoms. The maximum atomic E-state index is 5.78. The molecule has 1 rings (SSSR count). The maximum absolute atomic E-state index is 5.78. The molecule has 88 valence electrons. The Bertz CT molecular complexity index is 363. The van der Waals surface area contributed by atoms with Crippen LogP contribution in [-0.4, -0.2) is 13.7 Å². The number of rotatable bonds is 6. The van der Waals surface area contributed by atoms with Crippen LogP contribution in [0.5, 0.6) is 5.75 Å².